The predicted molar refractivity (Wildman–Crippen MR) is 106 cm³/mol. The monoisotopic (exact) mass is 418 g/mol. The Labute approximate surface area is 168 Å². The van der Waals surface area contributed by atoms with Gasteiger partial charge in [0.1, 0.15) is 5.69 Å². The van der Waals surface area contributed by atoms with E-state index in [4.69, 9.17) is 4.42 Å². The molecule has 2 heterocycles. The van der Waals surface area contributed by atoms with Gasteiger partial charge in [0, 0.05) is 31.4 Å². The van der Waals surface area contributed by atoms with Gasteiger partial charge in [0.15, 0.2) is 0 Å². The number of rotatable bonds is 7. The number of nitrogens with one attached hydrogen (secondary N) is 1. The molecule has 0 atom stereocenters. The summed E-state index contributed by atoms with van der Waals surface area (Å²) in [5, 5.41) is 14.4. The number of carbonyl (C=O) groups excluding carboxylic acids is 1. The van der Waals surface area contributed by atoms with E-state index in [9.17, 15) is 13.2 Å². The van der Waals surface area contributed by atoms with E-state index in [0.717, 1.165) is 5.69 Å². The van der Waals surface area contributed by atoms with Crippen LogP contribution in [0.25, 0.3) is 11.6 Å². The third-order valence-electron chi connectivity index (χ3n) is 4.44. The first-order valence-corrected chi connectivity index (χ1v) is 10.5. The fourth-order valence-corrected chi connectivity index (χ4v) is 4.16. The lowest BCUT2D eigenvalue weighted by Gasteiger charge is -2.18. The Bertz CT molecular complexity index is 1090. The number of amides is 1. The molecule has 11 heteroatoms. The minimum Gasteiger partial charge on any atom is -0.401 e. The number of hydrogen-bond acceptors (Lipinski definition) is 7. The van der Waals surface area contributed by atoms with Crippen molar-refractivity contribution in [3.05, 3.63) is 41.6 Å². The highest BCUT2D eigenvalue weighted by Crippen LogP contribution is 2.20. The third kappa shape index (κ3) is 4.20. The summed E-state index contributed by atoms with van der Waals surface area (Å²) in [6.07, 6.45) is 0. The van der Waals surface area contributed by atoms with Crippen LogP contribution in [0.15, 0.2) is 39.6 Å². The van der Waals surface area contributed by atoms with E-state index < -0.39 is 15.9 Å². The van der Waals surface area contributed by atoms with Gasteiger partial charge in [0.2, 0.25) is 10.0 Å². The molecule has 0 radical (unpaired) electrons. The molecule has 0 saturated heterocycles. The van der Waals surface area contributed by atoms with Crippen molar-refractivity contribution >= 4 is 21.9 Å². The Hall–Kier alpha value is -3.05. The average molecular weight is 418 g/mol. The van der Waals surface area contributed by atoms with Gasteiger partial charge in [-0.1, -0.05) is 18.9 Å². The van der Waals surface area contributed by atoms with Crippen LogP contribution in [0.3, 0.4) is 0 Å². The molecule has 0 unspecified atom stereocenters. The summed E-state index contributed by atoms with van der Waals surface area (Å²) in [5.74, 6) is -0.311. The molecule has 0 saturated carbocycles. The summed E-state index contributed by atoms with van der Waals surface area (Å²) in [6.45, 7) is 6.17. The molecule has 1 amide bonds. The van der Waals surface area contributed by atoms with Crippen molar-refractivity contribution in [2.24, 2.45) is 7.05 Å². The number of hydrogen-bond donors (Lipinski definition) is 1. The van der Waals surface area contributed by atoms with Crippen LogP contribution >= 0.6 is 0 Å². The zero-order valence-corrected chi connectivity index (χ0v) is 17.4. The van der Waals surface area contributed by atoms with Crippen LogP contribution in [0.1, 0.15) is 29.9 Å². The van der Waals surface area contributed by atoms with E-state index in [1.165, 1.54) is 28.6 Å². The van der Waals surface area contributed by atoms with E-state index in [0.29, 0.717) is 18.8 Å². The first-order valence-electron chi connectivity index (χ1n) is 9.02. The molecular weight excluding hydrogens is 396 g/mol. The molecule has 0 bridgehead atoms. The third-order valence-corrected chi connectivity index (χ3v) is 6.50. The van der Waals surface area contributed by atoms with E-state index >= 15 is 0 Å². The number of aryl methyl sites for hydroxylation is 2. The Morgan fingerprint density at radius 2 is 1.83 bits per heavy atom. The summed E-state index contributed by atoms with van der Waals surface area (Å²) in [4.78, 5) is 12.5. The van der Waals surface area contributed by atoms with Gasteiger partial charge in [-0.3, -0.25) is 14.8 Å². The van der Waals surface area contributed by atoms with Crippen molar-refractivity contribution in [3.63, 3.8) is 0 Å². The SMILES string of the molecule is CCN(CC)S(=O)(=O)c1ccc(C(=O)Nc2nnc(-c3cc(C)n(C)n3)o2)cc1. The predicted octanol–water partition coefficient (Wildman–Crippen LogP) is 2.06. The molecule has 0 aliphatic heterocycles. The van der Waals surface area contributed by atoms with E-state index in [-0.39, 0.29) is 22.4 Å². The van der Waals surface area contributed by atoms with Gasteiger partial charge >= 0.3 is 6.01 Å². The van der Waals surface area contributed by atoms with Gasteiger partial charge in [-0.05, 0) is 37.3 Å². The molecule has 0 aliphatic carbocycles. The van der Waals surface area contributed by atoms with Gasteiger partial charge in [0.05, 0.1) is 4.90 Å². The topological polar surface area (TPSA) is 123 Å². The Morgan fingerprint density at radius 3 is 2.38 bits per heavy atom. The molecule has 0 aliphatic rings. The maximum absolute atomic E-state index is 12.5. The standard InChI is InChI=1S/C18H22N6O4S/c1-5-24(6-2)29(26,27)14-9-7-13(8-10-14)16(25)19-18-21-20-17(28-18)15-11-12(3)23(4)22-15/h7-11H,5-6H2,1-4H3,(H,19,21,25). The van der Waals surface area contributed by atoms with Crippen molar-refractivity contribution in [2.75, 3.05) is 18.4 Å². The molecule has 29 heavy (non-hydrogen) atoms. The molecular formula is C18H22N6O4S. The van der Waals surface area contributed by atoms with Gasteiger partial charge in [-0.15, -0.1) is 5.10 Å². The summed E-state index contributed by atoms with van der Waals surface area (Å²) in [6, 6.07) is 7.38. The van der Waals surface area contributed by atoms with E-state index in [1.54, 1.807) is 31.6 Å². The van der Waals surface area contributed by atoms with E-state index in [1.807, 2.05) is 6.92 Å². The van der Waals surface area contributed by atoms with Gasteiger partial charge in [-0.2, -0.15) is 9.40 Å². The second-order valence-corrected chi connectivity index (χ2v) is 8.21. The summed E-state index contributed by atoms with van der Waals surface area (Å²) >= 11 is 0. The van der Waals surface area contributed by atoms with Crippen molar-refractivity contribution in [3.8, 4) is 11.6 Å². The molecule has 154 valence electrons. The summed E-state index contributed by atoms with van der Waals surface area (Å²) in [7, 11) is -1.79. The van der Waals surface area contributed by atoms with Crippen molar-refractivity contribution in [1.82, 2.24) is 24.3 Å². The van der Waals surface area contributed by atoms with Gasteiger partial charge < -0.3 is 4.42 Å². The Morgan fingerprint density at radius 1 is 1.17 bits per heavy atom. The molecule has 2 aromatic heterocycles. The Balaban J connectivity index is 1.73. The molecule has 1 N–H and O–H groups in total. The van der Waals surface area contributed by atoms with Crippen molar-refractivity contribution in [1.29, 1.82) is 0 Å². The first kappa shape index (κ1) is 20.7. The number of aromatic nitrogens is 4. The van der Waals surface area contributed by atoms with Gasteiger partial charge in [0.25, 0.3) is 11.8 Å². The molecule has 3 aromatic rings. The first-order chi connectivity index (χ1) is 13.8. The number of nitrogens with zero attached hydrogens (tertiary/aromatic N) is 5. The number of sulfonamides is 1. The largest absolute Gasteiger partial charge is 0.401 e. The lowest BCUT2D eigenvalue weighted by atomic mass is 10.2. The highest BCUT2D eigenvalue weighted by molar-refractivity contribution is 7.89. The van der Waals surface area contributed by atoms with Gasteiger partial charge in [-0.25, -0.2) is 8.42 Å². The summed E-state index contributed by atoms with van der Waals surface area (Å²) in [5.41, 5.74) is 1.68. The summed E-state index contributed by atoms with van der Waals surface area (Å²) < 4.78 is 33.5. The zero-order valence-electron chi connectivity index (χ0n) is 16.6. The van der Waals surface area contributed by atoms with Crippen LogP contribution in [-0.2, 0) is 17.1 Å². The fourth-order valence-electron chi connectivity index (χ4n) is 2.70. The Kier molecular flexibility index (Phi) is 5.80. The smallest absolute Gasteiger partial charge is 0.322 e. The normalized spacial score (nSPS) is 11.8. The minimum absolute atomic E-state index is 0.0758. The van der Waals surface area contributed by atoms with Crippen molar-refractivity contribution in [2.45, 2.75) is 25.7 Å². The average Bonchev–Trinajstić information content (AvgIpc) is 3.29. The van der Waals surface area contributed by atoms with Crippen LogP contribution in [0.5, 0.6) is 0 Å². The van der Waals surface area contributed by atoms with E-state index in [2.05, 4.69) is 20.6 Å². The van der Waals surface area contributed by atoms with Crippen LogP contribution in [0, 0.1) is 6.92 Å². The fraction of sp³-hybridized carbons (Fsp3) is 0.333. The quantitative estimate of drug-likeness (QED) is 0.623. The second-order valence-electron chi connectivity index (χ2n) is 6.27. The minimum atomic E-state index is -3.58. The number of anilines is 1. The molecule has 0 spiro atoms. The molecule has 1 aromatic carbocycles. The lowest BCUT2D eigenvalue weighted by Crippen LogP contribution is -2.30. The highest BCUT2D eigenvalue weighted by Gasteiger charge is 2.22. The van der Waals surface area contributed by atoms with Crippen LogP contribution in [-0.4, -0.2) is 51.7 Å². The van der Waals surface area contributed by atoms with Crippen LogP contribution in [0.2, 0.25) is 0 Å². The second kappa shape index (κ2) is 8.13. The van der Waals surface area contributed by atoms with Crippen LogP contribution < -0.4 is 5.32 Å². The lowest BCUT2D eigenvalue weighted by molar-refractivity contribution is 0.102. The highest BCUT2D eigenvalue weighted by atomic mass is 32.2. The van der Waals surface area contributed by atoms with Crippen molar-refractivity contribution < 1.29 is 17.6 Å². The molecule has 0 fully saturated rings. The number of carbonyl (C=O) groups is 1. The maximum atomic E-state index is 12.5. The van der Waals surface area contributed by atoms with Crippen LogP contribution in [0.4, 0.5) is 6.01 Å². The number of benzene rings is 1. The molecule has 3 rings (SSSR count). The molecule has 10 nitrogen and oxygen atoms in total. The zero-order chi connectivity index (χ0) is 21.2. The maximum Gasteiger partial charge on any atom is 0.322 e.